The Morgan fingerprint density at radius 1 is 1.61 bits per heavy atom. The van der Waals surface area contributed by atoms with Crippen LogP contribution in [-0.4, -0.2) is 40.1 Å². The van der Waals surface area contributed by atoms with Crippen molar-refractivity contribution >= 4 is 16.3 Å². The van der Waals surface area contributed by atoms with Gasteiger partial charge in [-0.25, -0.2) is 4.98 Å². The third kappa shape index (κ3) is 2.31. The predicted molar refractivity (Wildman–Crippen MR) is 70.0 cm³/mol. The van der Waals surface area contributed by atoms with Crippen LogP contribution in [0.1, 0.15) is 12.6 Å². The zero-order valence-electron chi connectivity index (χ0n) is 10.2. The number of morpholine rings is 1. The summed E-state index contributed by atoms with van der Waals surface area (Å²) in [5.41, 5.74) is 0.842. The first kappa shape index (κ1) is 11.8. The lowest BCUT2D eigenvalue weighted by Gasteiger charge is -2.30. The molecular weight excluding hydrogens is 250 g/mol. The molecule has 2 aromatic rings. The number of aromatic nitrogens is 2. The number of fused-ring (bicyclic) bond motifs is 1. The van der Waals surface area contributed by atoms with Crippen LogP contribution in [0.4, 0.5) is 0 Å². The van der Waals surface area contributed by atoms with Gasteiger partial charge in [-0.05, 0) is 6.92 Å². The fraction of sp³-hybridized carbons (Fsp3) is 0.500. The average molecular weight is 265 g/mol. The first-order valence-corrected chi connectivity index (χ1v) is 6.90. The number of ether oxygens (including phenoxy) is 1. The first-order chi connectivity index (χ1) is 8.72. The summed E-state index contributed by atoms with van der Waals surface area (Å²) in [7, 11) is 0. The molecule has 1 fully saturated rings. The molecule has 0 radical (unpaired) electrons. The third-order valence-corrected chi connectivity index (χ3v) is 3.82. The van der Waals surface area contributed by atoms with Gasteiger partial charge in [0.1, 0.15) is 0 Å². The minimum absolute atomic E-state index is 0.00226. The highest BCUT2D eigenvalue weighted by atomic mass is 32.1. The van der Waals surface area contributed by atoms with E-state index >= 15 is 0 Å². The summed E-state index contributed by atoms with van der Waals surface area (Å²) in [5, 5.41) is 1.88. The van der Waals surface area contributed by atoms with E-state index in [1.807, 2.05) is 5.38 Å². The van der Waals surface area contributed by atoms with E-state index in [-0.39, 0.29) is 11.7 Å². The molecular formula is C12H15N3O2S. The topological polar surface area (TPSA) is 46.8 Å². The SMILES string of the molecule is C[C@@H]1CN(Cc2cc(=O)n3ccsc3n2)CCO1. The molecule has 0 spiro atoms. The predicted octanol–water partition coefficient (Wildman–Crippen LogP) is 0.977. The molecule has 0 unspecified atom stereocenters. The van der Waals surface area contributed by atoms with Crippen molar-refractivity contribution in [3.05, 3.63) is 33.7 Å². The number of hydrogen-bond acceptors (Lipinski definition) is 5. The highest BCUT2D eigenvalue weighted by Crippen LogP contribution is 2.10. The zero-order valence-corrected chi connectivity index (χ0v) is 11.0. The Kier molecular flexibility index (Phi) is 3.15. The zero-order chi connectivity index (χ0) is 12.5. The lowest BCUT2D eigenvalue weighted by atomic mass is 10.3. The van der Waals surface area contributed by atoms with E-state index in [1.165, 1.54) is 11.3 Å². The normalized spacial score (nSPS) is 21.5. The summed E-state index contributed by atoms with van der Waals surface area (Å²) in [6.45, 7) is 5.33. The van der Waals surface area contributed by atoms with Crippen LogP contribution in [0.25, 0.3) is 4.96 Å². The van der Waals surface area contributed by atoms with Gasteiger partial charge in [0.15, 0.2) is 4.96 Å². The Labute approximate surface area is 109 Å². The van der Waals surface area contributed by atoms with E-state index < -0.39 is 0 Å². The molecule has 0 N–H and O–H groups in total. The summed E-state index contributed by atoms with van der Waals surface area (Å²) in [6, 6.07) is 1.62. The first-order valence-electron chi connectivity index (χ1n) is 6.02. The summed E-state index contributed by atoms with van der Waals surface area (Å²) in [4.78, 5) is 19.4. The number of thiazole rings is 1. The minimum atomic E-state index is -0.00226. The van der Waals surface area contributed by atoms with Gasteiger partial charge in [-0.15, -0.1) is 11.3 Å². The van der Waals surface area contributed by atoms with Crippen LogP contribution >= 0.6 is 11.3 Å². The standard InChI is InChI=1S/C12H15N3O2S/c1-9-7-14(2-4-17-9)8-10-6-11(16)15-3-5-18-12(15)13-10/h3,5-6,9H,2,4,7-8H2,1H3/t9-/m1/s1. The highest BCUT2D eigenvalue weighted by Gasteiger charge is 2.17. The molecule has 3 heterocycles. The largest absolute Gasteiger partial charge is 0.376 e. The van der Waals surface area contributed by atoms with Crippen molar-refractivity contribution in [1.29, 1.82) is 0 Å². The van der Waals surface area contributed by atoms with E-state index in [0.717, 1.165) is 36.9 Å². The second kappa shape index (κ2) is 4.79. The molecule has 3 rings (SSSR count). The van der Waals surface area contributed by atoms with Gasteiger partial charge in [0, 0.05) is 37.3 Å². The molecule has 6 heteroatoms. The molecule has 1 aliphatic rings. The van der Waals surface area contributed by atoms with Crippen molar-refractivity contribution in [2.24, 2.45) is 0 Å². The Balaban J connectivity index is 1.83. The van der Waals surface area contributed by atoms with E-state index in [4.69, 9.17) is 4.74 Å². The van der Waals surface area contributed by atoms with Crippen LogP contribution in [0.3, 0.4) is 0 Å². The highest BCUT2D eigenvalue weighted by molar-refractivity contribution is 7.15. The van der Waals surface area contributed by atoms with Crippen molar-refractivity contribution < 1.29 is 4.74 Å². The molecule has 18 heavy (non-hydrogen) atoms. The van der Waals surface area contributed by atoms with Gasteiger partial charge >= 0.3 is 0 Å². The van der Waals surface area contributed by atoms with Gasteiger partial charge in [0.05, 0.1) is 18.4 Å². The Morgan fingerprint density at radius 3 is 3.33 bits per heavy atom. The van der Waals surface area contributed by atoms with Crippen molar-refractivity contribution in [1.82, 2.24) is 14.3 Å². The maximum Gasteiger partial charge on any atom is 0.258 e. The summed E-state index contributed by atoms with van der Waals surface area (Å²) >= 11 is 1.49. The lowest BCUT2D eigenvalue weighted by molar-refractivity contribution is -0.0215. The maximum absolute atomic E-state index is 11.9. The maximum atomic E-state index is 11.9. The minimum Gasteiger partial charge on any atom is -0.376 e. The third-order valence-electron chi connectivity index (χ3n) is 3.07. The molecule has 5 nitrogen and oxygen atoms in total. The van der Waals surface area contributed by atoms with Crippen LogP contribution in [-0.2, 0) is 11.3 Å². The van der Waals surface area contributed by atoms with E-state index in [9.17, 15) is 4.79 Å². The Bertz CT molecular complexity index is 607. The lowest BCUT2D eigenvalue weighted by Crippen LogP contribution is -2.40. The number of nitrogens with zero attached hydrogens (tertiary/aromatic N) is 3. The summed E-state index contributed by atoms with van der Waals surface area (Å²) in [5.74, 6) is 0. The monoisotopic (exact) mass is 265 g/mol. The fourth-order valence-electron chi connectivity index (χ4n) is 2.23. The molecule has 1 saturated heterocycles. The smallest absolute Gasteiger partial charge is 0.258 e. The second-order valence-electron chi connectivity index (χ2n) is 4.56. The molecule has 96 valence electrons. The molecule has 2 aromatic heterocycles. The summed E-state index contributed by atoms with van der Waals surface area (Å²) < 4.78 is 7.08. The van der Waals surface area contributed by atoms with Gasteiger partial charge in [0.25, 0.3) is 5.56 Å². The van der Waals surface area contributed by atoms with Gasteiger partial charge in [-0.1, -0.05) is 0 Å². The molecule has 0 amide bonds. The number of rotatable bonds is 2. The molecule has 0 aromatic carbocycles. The van der Waals surface area contributed by atoms with Crippen molar-refractivity contribution in [3.63, 3.8) is 0 Å². The van der Waals surface area contributed by atoms with Crippen molar-refractivity contribution in [3.8, 4) is 0 Å². The van der Waals surface area contributed by atoms with Crippen LogP contribution in [0.2, 0.25) is 0 Å². The van der Waals surface area contributed by atoms with Gasteiger partial charge in [-0.2, -0.15) is 0 Å². The molecule has 1 atom stereocenters. The van der Waals surface area contributed by atoms with Crippen LogP contribution in [0, 0.1) is 0 Å². The van der Waals surface area contributed by atoms with Crippen LogP contribution in [0.15, 0.2) is 22.4 Å². The fourth-order valence-corrected chi connectivity index (χ4v) is 2.97. The van der Waals surface area contributed by atoms with Crippen molar-refractivity contribution in [2.75, 3.05) is 19.7 Å². The Hall–Kier alpha value is -1.24. The van der Waals surface area contributed by atoms with E-state index in [1.54, 1.807) is 16.7 Å². The second-order valence-corrected chi connectivity index (χ2v) is 5.43. The number of hydrogen-bond donors (Lipinski definition) is 0. The average Bonchev–Trinajstić information content (AvgIpc) is 2.77. The molecule has 0 bridgehead atoms. The molecule has 1 aliphatic heterocycles. The van der Waals surface area contributed by atoms with Gasteiger partial charge < -0.3 is 4.74 Å². The van der Waals surface area contributed by atoms with Gasteiger partial charge in [0.2, 0.25) is 0 Å². The van der Waals surface area contributed by atoms with Gasteiger partial charge in [-0.3, -0.25) is 14.1 Å². The Morgan fingerprint density at radius 2 is 2.50 bits per heavy atom. The van der Waals surface area contributed by atoms with E-state index in [0.29, 0.717) is 0 Å². The van der Waals surface area contributed by atoms with Crippen LogP contribution < -0.4 is 5.56 Å². The van der Waals surface area contributed by atoms with E-state index in [2.05, 4.69) is 16.8 Å². The summed E-state index contributed by atoms with van der Waals surface area (Å²) in [6.07, 6.45) is 2.01. The quantitative estimate of drug-likeness (QED) is 0.812. The molecule has 0 saturated carbocycles. The van der Waals surface area contributed by atoms with Crippen LogP contribution in [0.5, 0.6) is 0 Å². The molecule has 0 aliphatic carbocycles. The van der Waals surface area contributed by atoms with Crippen molar-refractivity contribution in [2.45, 2.75) is 19.6 Å².